The van der Waals surface area contributed by atoms with Crippen LogP contribution in [0.15, 0.2) is 42.5 Å². The van der Waals surface area contributed by atoms with Crippen LogP contribution >= 0.6 is 0 Å². The largest absolute Gasteiger partial charge is 0.340 e. The Morgan fingerprint density at radius 2 is 1.82 bits per heavy atom. The second-order valence-electron chi connectivity index (χ2n) is 8.63. The van der Waals surface area contributed by atoms with Crippen molar-refractivity contribution in [3.63, 3.8) is 0 Å². The number of halogens is 3. The molecular formula is C24H26F3N5O. The molecule has 6 nitrogen and oxygen atoms in total. The molecule has 9 heteroatoms. The molecule has 0 fully saturated rings. The highest BCUT2D eigenvalue weighted by atomic mass is 19.2. The summed E-state index contributed by atoms with van der Waals surface area (Å²) in [5, 5.41) is 3.13. The van der Waals surface area contributed by atoms with Gasteiger partial charge in [-0.1, -0.05) is 13.8 Å². The van der Waals surface area contributed by atoms with Gasteiger partial charge in [0.2, 0.25) is 5.91 Å². The van der Waals surface area contributed by atoms with E-state index in [0.29, 0.717) is 54.0 Å². The number of hydrogen-bond acceptors (Lipinski definition) is 4. The van der Waals surface area contributed by atoms with Gasteiger partial charge in [0, 0.05) is 30.4 Å². The van der Waals surface area contributed by atoms with Crippen LogP contribution in [0.3, 0.4) is 0 Å². The molecule has 1 aliphatic heterocycles. The van der Waals surface area contributed by atoms with Crippen molar-refractivity contribution in [1.82, 2.24) is 14.5 Å². The zero-order valence-electron chi connectivity index (χ0n) is 18.5. The summed E-state index contributed by atoms with van der Waals surface area (Å²) in [4.78, 5) is 19.2. The van der Waals surface area contributed by atoms with E-state index < -0.39 is 17.7 Å². The quantitative estimate of drug-likeness (QED) is 0.574. The lowest BCUT2D eigenvalue weighted by Crippen LogP contribution is -2.47. The molecule has 2 heterocycles. The Labute approximate surface area is 190 Å². The Hall–Kier alpha value is -3.33. The number of carbonyl (C=O) groups is 1. The Kier molecular flexibility index (Phi) is 6.42. The van der Waals surface area contributed by atoms with Crippen LogP contribution in [0, 0.1) is 23.4 Å². The van der Waals surface area contributed by atoms with E-state index in [1.807, 2.05) is 18.4 Å². The molecule has 3 N–H and O–H groups in total. The van der Waals surface area contributed by atoms with Crippen LogP contribution in [0.25, 0.3) is 11.3 Å². The van der Waals surface area contributed by atoms with Crippen LogP contribution < -0.4 is 11.1 Å². The van der Waals surface area contributed by atoms with Gasteiger partial charge in [-0.15, -0.1) is 0 Å². The fourth-order valence-electron chi connectivity index (χ4n) is 4.01. The molecule has 1 atom stereocenters. The lowest BCUT2D eigenvalue weighted by Gasteiger charge is -2.31. The van der Waals surface area contributed by atoms with E-state index in [-0.39, 0.29) is 18.3 Å². The van der Waals surface area contributed by atoms with Gasteiger partial charge in [-0.2, -0.15) is 0 Å². The van der Waals surface area contributed by atoms with Gasteiger partial charge < -0.3 is 20.5 Å². The first-order valence-corrected chi connectivity index (χ1v) is 10.8. The van der Waals surface area contributed by atoms with Crippen LogP contribution in [0.1, 0.15) is 26.1 Å². The van der Waals surface area contributed by atoms with Crippen LogP contribution in [0.5, 0.6) is 0 Å². The summed E-state index contributed by atoms with van der Waals surface area (Å²) in [5.74, 6) is -0.950. The molecule has 4 rings (SSSR count). The number of nitrogens with one attached hydrogen (secondary N) is 1. The molecule has 0 bridgehead atoms. The molecule has 0 saturated heterocycles. The number of rotatable bonds is 6. The van der Waals surface area contributed by atoms with Crippen LogP contribution in [0.2, 0.25) is 0 Å². The Morgan fingerprint density at radius 1 is 1.09 bits per heavy atom. The van der Waals surface area contributed by atoms with E-state index in [2.05, 4.69) is 5.32 Å². The molecule has 0 unspecified atom stereocenters. The molecule has 0 radical (unpaired) electrons. The van der Waals surface area contributed by atoms with Crippen molar-refractivity contribution in [3.8, 4) is 11.3 Å². The number of amides is 1. The van der Waals surface area contributed by atoms with Crippen LogP contribution in [0.4, 0.5) is 24.7 Å². The van der Waals surface area contributed by atoms with Gasteiger partial charge in [0.05, 0.1) is 12.6 Å². The lowest BCUT2D eigenvalue weighted by molar-refractivity contribution is -0.134. The molecule has 1 aliphatic rings. The second-order valence-corrected chi connectivity index (χ2v) is 8.63. The third-order valence-electron chi connectivity index (χ3n) is 5.63. The molecule has 33 heavy (non-hydrogen) atoms. The van der Waals surface area contributed by atoms with E-state index in [1.165, 1.54) is 18.2 Å². The highest BCUT2D eigenvalue weighted by molar-refractivity contribution is 5.82. The smallest absolute Gasteiger partial charge is 0.239 e. The first-order chi connectivity index (χ1) is 15.7. The van der Waals surface area contributed by atoms with E-state index in [0.717, 1.165) is 12.1 Å². The standard InChI is InChI=1S/C24H26F3N5O/c1-14(2)11-20(28)24(33)31-9-10-32-21(13-31)30-22(15-3-5-16(25)6-4-15)23(32)29-17-7-8-18(26)19(27)12-17/h3-8,12,14,20,29H,9-11,13,28H2,1-2H3/t20-/m0/s1. The third-order valence-corrected chi connectivity index (χ3v) is 5.63. The number of hydrogen-bond donors (Lipinski definition) is 2. The topological polar surface area (TPSA) is 76.2 Å². The maximum atomic E-state index is 13.8. The maximum absolute atomic E-state index is 13.8. The van der Waals surface area contributed by atoms with Gasteiger partial charge in [-0.3, -0.25) is 4.79 Å². The van der Waals surface area contributed by atoms with Crippen molar-refractivity contribution in [1.29, 1.82) is 0 Å². The normalized spacial score (nSPS) is 14.3. The summed E-state index contributed by atoms with van der Waals surface area (Å²) in [6.07, 6.45) is 0.591. The third kappa shape index (κ3) is 4.88. The fraction of sp³-hybridized carbons (Fsp3) is 0.333. The second kappa shape index (κ2) is 9.27. The van der Waals surface area contributed by atoms with Crippen molar-refractivity contribution < 1.29 is 18.0 Å². The van der Waals surface area contributed by atoms with E-state index in [4.69, 9.17) is 10.7 Å². The number of aromatic nitrogens is 2. The van der Waals surface area contributed by atoms with Crippen molar-refractivity contribution in [2.75, 3.05) is 11.9 Å². The summed E-state index contributed by atoms with van der Waals surface area (Å²) >= 11 is 0. The zero-order valence-corrected chi connectivity index (χ0v) is 18.5. The molecule has 3 aromatic rings. The minimum atomic E-state index is -0.974. The number of fused-ring (bicyclic) bond motifs is 1. The van der Waals surface area contributed by atoms with Gasteiger partial charge in [-0.25, -0.2) is 18.2 Å². The first kappa shape index (κ1) is 22.8. The zero-order chi connectivity index (χ0) is 23.7. The highest BCUT2D eigenvalue weighted by Crippen LogP contribution is 2.33. The van der Waals surface area contributed by atoms with Gasteiger partial charge >= 0.3 is 0 Å². The van der Waals surface area contributed by atoms with Gasteiger partial charge in [0.1, 0.15) is 23.2 Å². The minimum absolute atomic E-state index is 0.128. The predicted molar refractivity (Wildman–Crippen MR) is 120 cm³/mol. The summed E-state index contributed by atoms with van der Waals surface area (Å²) in [5.41, 5.74) is 7.62. The van der Waals surface area contributed by atoms with Crippen LogP contribution in [-0.2, 0) is 17.9 Å². The van der Waals surface area contributed by atoms with Crippen molar-refractivity contribution in [2.24, 2.45) is 11.7 Å². The number of imidazole rings is 1. The highest BCUT2D eigenvalue weighted by Gasteiger charge is 2.29. The van der Waals surface area contributed by atoms with Crippen LogP contribution in [-0.4, -0.2) is 32.9 Å². The lowest BCUT2D eigenvalue weighted by atomic mass is 10.0. The van der Waals surface area contributed by atoms with E-state index in [9.17, 15) is 18.0 Å². The number of carbonyl (C=O) groups excluding carboxylic acids is 1. The molecule has 174 valence electrons. The number of nitrogens with two attached hydrogens (primary N) is 1. The molecule has 0 spiro atoms. The molecular weight excluding hydrogens is 431 g/mol. The monoisotopic (exact) mass is 457 g/mol. The molecule has 0 saturated carbocycles. The Balaban J connectivity index is 1.69. The number of anilines is 2. The van der Waals surface area contributed by atoms with Crippen molar-refractivity contribution in [3.05, 3.63) is 65.7 Å². The van der Waals surface area contributed by atoms with Gasteiger partial charge in [-0.05, 0) is 48.7 Å². The minimum Gasteiger partial charge on any atom is -0.340 e. The average Bonchev–Trinajstić information content (AvgIpc) is 3.13. The van der Waals surface area contributed by atoms with E-state index >= 15 is 0 Å². The average molecular weight is 458 g/mol. The summed E-state index contributed by atoms with van der Waals surface area (Å²) in [6.45, 7) is 5.17. The Bertz CT molecular complexity index is 1160. The number of benzene rings is 2. The molecule has 1 amide bonds. The Morgan fingerprint density at radius 3 is 2.48 bits per heavy atom. The van der Waals surface area contributed by atoms with Gasteiger partial charge in [0.25, 0.3) is 0 Å². The fourth-order valence-corrected chi connectivity index (χ4v) is 4.01. The number of nitrogens with zero attached hydrogens (tertiary/aromatic N) is 3. The SMILES string of the molecule is CC(C)C[C@H](N)C(=O)N1CCn2c(nc(-c3ccc(F)cc3)c2Nc2ccc(F)c(F)c2)C1. The first-order valence-electron chi connectivity index (χ1n) is 10.8. The van der Waals surface area contributed by atoms with Crippen molar-refractivity contribution in [2.45, 2.75) is 39.4 Å². The van der Waals surface area contributed by atoms with Gasteiger partial charge in [0.15, 0.2) is 11.6 Å². The summed E-state index contributed by atoms with van der Waals surface area (Å²) < 4.78 is 42.6. The van der Waals surface area contributed by atoms with Crippen molar-refractivity contribution >= 4 is 17.4 Å². The molecule has 1 aromatic heterocycles. The summed E-state index contributed by atoms with van der Waals surface area (Å²) in [7, 11) is 0. The predicted octanol–water partition coefficient (Wildman–Crippen LogP) is 4.43. The maximum Gasteiger partial charge on any atom is 0.239 e. The molecule has 2 aromatic carbocycles. The van der Waals surface area contributed by atoms with E-state index in [1.54, 1.807) is 17.0 Å². The molecule has 0 aliphatic carbocycles. The summed E-state index contributed by atoms with van der Waals surface area (Å²) in [6, 6.07) is 8.81.